The number of esters is 1. The van der Waals surface area contributed by atoms with Gasteiger partial charge in [0.1, 0.15) is 5.75 Å². The molecule has 0 atom stereocenters. The molecule has 150 valence electrons. The van der Waals surface area contributed by atoms with E-state index in [4.69, 9.17) is 4.74 Å². The first-order chi connectivity index (χ1) is 13.5. The monoisotopic (exact) mass is 382 g/mol. The zero-order valence-electron chi connectivity index (χ0n) is 17.1. The number of aromatic hydroxyl groups is 1. The summed E-state index contributed by atoms with van der Waals surface area (Å²) in [5.74, 6) is -1.02. The molecule has 2 aromatic rings. The summed E-state index contributed by atoms with van der Waals surface area (Å²) in [4.78, 5) is 25.9. The van der Waals surface area contributed by atoms with E-state index in [1.807, 2.05) is 19.9 Å². The molecule has 0 bridgehead atoms. The number of rotatable bonds is 10. The summed E-state index contributed by atoms with van der Waals surface area (Å²) in [6.07, 6.45) is 5.24. The Hall–Kier alpha value is -2.62. The van der Waals surface area contributed by atoms with Crippen LogP contribution >= 0.6 is 0 Å². The first-order valence-corrected chi connectivity index (χ1v) is 10.2. The quantitative estimate of drug-likeness (QED) is 0.335. The number of hydrogen-bond acceptors (Lipinski definition) is 4. The second-order valence-electron chi connectivity index (χ2n) is 6.88. The van der Waals surface area contributed by atoms with Crippen molar-refractivity contribution in [3.63, 3.8) is 0 Å². The molecule has 2 aromatic carbocycles. The van der Waals surface area contributed by atoms with Gasteiger partial charge in [0.05, 0.1) is 17.7 Å². The molecule has 0 amide bonds. The summed E-state index contributed by atoms with van der Waals surface area (Å²) in [6, 6.07) is 10.4. The first kappa shape index (κ1) is 21.7. The highest BCUT2D eigenvalue weighted by atomic mass is 16.5. The predicted octanol–water partition coefficient (Wildman–Crippen LogP) is 5.49. The maximum Gasteiger partial charge on any atom is 0.339 e. The Bertz CT molecular complexity index is 809. The van der Waals surface area contributed by atoms with Crippen molar-refractivity contribution >= 4 is 11.8 Å². The molecular formula is C24H30O4. The number of unbranched alkanes of at least 4 members (excludes halogenated alkanes) is 3. The van der Waals surface area contributed by atoms with Crippen molar-refractivity contribution in [1.82, 2.24) is 0 Å². The van der Waals surface area contributed by atoms with Crippen LogP contribution in [-0.2, 0) is 17.6 Å². The molecule has 0 radical (unpaired) electrons. The summed E-state index contributed by atoms with van der Waals surface area (Å²) >= 11 is 0. The van der Waals surface area contributed by atoms with Gasteiger partial charge in [-0.2, -0.15) is 0 Å². The number of ether oxygens (including phenoxy) is 1. The van der Waals surface area contributed by atoms with Gasteiger partial charge in [-0.25, -0.2) is 4.79 Å². The fourth-order valence-corrected chi connectivity index (χ4v) is 3.37. The number of phenols is 1. The number of phenolic OH excluding ortho intramolecular Hbond substituents is 1. The third kappa shape index (κ3) is 5.00. The minimum Gasteiger partial charge on any atom is -0.507 e. The van der Waals surface area contributed by atoms with Crippen molar-refractivity contribution in [3.8, 4) is 5.75 Å². The topological polar surface area (TPSA) is 63.6 Å². The molecule has 0 aromatic heterocycles. The van der Waals surface area contributed by atoms with Gasteiger partial charge in [-0.05, 0) is 36.5 Å². The Labute approximate surface area is 167 Å². The number of ketones is 1. The van der Waals surface area contributed by atoms with E-state index in [-0.39, 0.29) is 22.7 Å². The van der Waals surface area contributed by atoms with E-state index in [1.165, 1.54) is 0 Å². The Kier molecular flexibility index (Phi) is 8.24. The minimum absolute atomic E-state index is 0.0406. The second-order valence-corrected chi connectivity index (χ2v) is 6.88. The van der Waals surface area contributed by atoms with Crippen LogP contribution in [0, 0.1) is 0 Å². The summed E-state index contributed by atoms with van der Waals surface area (Å²) in [6.45, 7) is 6.33. The van der Waals surface area contributed by atoms with Crippen molar-refractivity contribution in [1.29, 1.82) is 0 Å². The molecule has 1 N–H and O–H groups in total. The highest BCUT2D eigenvalue weighted by Gasteiger charge is 2.26. The van der Waals surface area contributed by atoms with E-state index in [2.05, 4.69) is 6.92 Å². The van der Waals surface area contributed by atoms with Gasteiger partial charge in [0.15, 0.2) is 5.78 Å². The fourth-order valence-electron chi connectivity index (χ4n) is 3.37. The Morgan fingerprint density at radius 1 is 0.964 bits per heavy atom. The third-order valence-electron chi connectivity index (χ3n) is 4.95. The molecule has 28 heavy (non-hydrogen) atoms. The van der Waals surface area contributed by atoms with Gasteiger partial charge < -0.3 is 9.84 Å². The molecule has 4 nitrogen and oxygen atoms in total. The Morgan fingerprint density at radius 2 is 1.68 bits per heavy atom. The molecule has 0 aliphatic rings. The number of aryl methyl sites for hydroxylation is 1. The third-order valence-corrected chi connectivity index (χ3v) is 4.95. The van der Waals surface area contributed by atoms with Crippen LogP contribution in [0.25, 0.3) is 0 Å². The van der Waals surface area contributed by atoms with Gasteiger partial charge in [0.2, 0.25) is 0 Å². The molecule has 0 saturated heterocycles. The van der Waals surface area contributed by atoms with Gasteiger partial charge in [-0.15, -0.1) is 0 Å². The molecule has 0 unspecified atom stereocenters. The molecule has 0 spiro atoms. The summed E-state index contributed by atoms with van der Waals surface area (Å²) in [5.41, 5.74) is 2.19. The van der Waals surface area contributed by atoms with Crippen LogP contribution in [0.1, 0.15) is 83.9 Å². The van der Waals surface area contributed by atoms with E-state index in [0.29, 0.717) is 30.6 Å². The smallest absolute Gasteiger partial charge is 0.339 e. The maximum atomic E-state index is 13.1. The lowest BCUT2D eigenvalue weighted by Crippen LogP contribution is -2.16. The van der Waals surface area contributed by atoms with E-state index in [0.717, 1.165) is 31.2 Å². The highest BCUT2D eigenvalue weighted by Crippen LogP contribution is 2.33. The SMILES string of the molecule is CCCCCCOC(=O)c1cc(CC)c(CC)c(O)c1C(=O)c1ccccc1. The number of hydrogen-bond donors (Lipinski definition) is 1. The van der Waals surface area contributed by atoms with E-state index < -0.39 is 5.97 Å². The Balaban J connectivity index is 2.43. The average Bonchev–Trinajstić information content (AvgIpc) is 2.72. The van der Waals surface area contributed by atoms with Crippen molar-refractivity contribution in [2.45, 2.75) is 59.3 Å². The Morgan fingerprint density at radius 3 is 2.29 bits per heavy atom. The van der Waals surface area contributed by atoms with Crippen molar-refractivity contribution in [3.05, 3.63) is 64.2 Å². The van der Waals surface area contributed by atoms with Crippen LogP contribution in [-0.4, -0.2) is 23.5 Å². The second kappa shape index (κ2) is 10.6. The molecular weight excluding hydrogens is 352 g/mol. The van der Waals surface area contributed by atoms with Crippen LogP contribution in [0.15, 0.2) is 36.4 Å². The summed E-state index contributed by atoms with van der Waals surface area (Å²) in [7, 11) is 0. The van der Waals surface area contributed by atoms with Crippen LogP contribution in [0.3, 0.4) is 0 Å². The highest BCUT2D eigenvalue weighted by molar-refractivity contribution is 6.16. The minimum atomic E-state index is -0.552. The number of benzene rings is 2. The number of carbonyl (C=O) groups is 2. The summed E-state index contributed by atoms with van der Waals surface area (Å²) in [5, 5.41) is 10.9. The lowest BCUT2D eigenvalue weighted by Gasteiger charge is -2.17. The van der Waals surface area contributed by atoms with E-state index >= 15 is 0 Å². The lowest BCUT2D eigenvalue weighted by molar-refractivity contribution is 0.0494. The molecule has 2 rings (SSSR count). The summed E-state index contributed by atoms with van der Waals surface area (Å²) < 4.78 is 5.43. The van der Waals surface area contributed by atoms with Gasteiger partial charge in [0, 0.05) is 5.56 Å². The van der Waals surface area contributed by atoms with Crippen LogP contribution in [0.5, 0.6) is 5.75 Å². The van der Waals surface area contributed by atoms with Crippen LogP contribution in [0.4, 0.5) is 0 Å². The van der Waals surface area contributed by atoms with Gasteiger partial charge in [-0.3, -0.25) is 4.79 Å². The largest absolute Gasteiger partial charge is 0.507 e. The fraction of sp³-hybridized carbons (Fsp3) is 0.417. The van der Waals surface area contributed by atoms with Crippen molar-refractivity contribution in [2.75, 3.05) is 6.61 Å². The van der Waals surface area contributed by atoms with Crippen LogP contribution in [0.2, 0.25) is 0 Å². The maximum absolute atomic E-state index is 13.1. The standard InChI is InChI=1S/C24H30O4/c1-4-7-8-12-15-28-24(27)20-16-17(5-2)19(6-3)23(26)21(20)22(25)18-13-10-9-11-14-18/h9-11,13-14,16,26H,4-8,12,15H2,1-3H3. The molecule has 4 heteroatoms. The van der Waals surface area contributed by atoms with Gasteiger partial charge in [0.25, 0.3) is 0 Å². The molecule has 0 aliphatic carbocycles. The molecule has 0 aliphatic heterocycles. The van der Waals surface area contributed by atoms with Crippen molar-refractivity contribution in [2.24, 2.45) is 0 Å². The molecule has 0 fully saturated rings. The lowest BCUT2D eigenvalue weighted by atomic mass is 9.90. The van der Waals surface area contributed by atoms with Crippen LogP contribution < -0.4 is 0 Å². The first-order valence-electron chi connectivity index (χ1n) is 10.2. The zero-order valence-corrected chi connectivity index (χ0v) is 17.1. The van der Waals surface area contributed by atoms with E-state index in [9.17, 15) is 14.7 Å². The van der Waals surface area contributed by atoms with Gasteiger partial charge in [-0.1, -0.05) is 70.4 Å². The van der Waals surface area contributed by atoms with Crippen molar-refractivity contribution < 1.29 is 19.4 Å². The zero-order chi connectivity index (χ0) is 20.5. The molecule has 0 saturated carbocycles. The normalized spacial score (nSPS) is 10.7. The van der Waals surface area contributed by atoms with E-state index in [1.54, 1.807) is 30.3 Å². The van der Waals surface area contributed by atoms with Gasteiger partial charge >= 0.3 is 5.97 Å². The molecule has 0 heterocycles. The number of carbonyl (C=O) groups excluding carboxylic acids is 2. The predicted molar refractivity (Wildman–Crippen MR) is 111 cm³/mol. The average molecular weight is 383 g/mol.